The topological polar surface area (TPSA) is 102 Å². The molecule has 0 aliphatic heterocycles. The van der Waals surface area contributed by atoms with Crippen LogP contribution in [-0.2, 0) is 26.0 Å². The molecular formula is C24H24N2O5S2. The lowest BCUT2D eigenvalue weighted by Gasteiger charge is -2.27. The average Bonchev–Trinajstić information content (AvgIpc) is 3.36. The van der Waals surface area contributed by atoms with Crippen molar-refractivity contribution in [2.45, 2.75) is 42.5 Å². The number of fused-ring (bicyclic) bond motifs is 1. The van der Waals surface area contributed by atoms with Gasteiger partial charge in [0, 0.05) is 5.69 Å². The summed E-state index contributed by atoms with van der Waals surface area (Å²) in [5.41, 5.74) is 2.88. The van der Waals surface area contributed by atoms with Gasteiger partial charge in [-0.05, 0) is 73.0 Å². The summed E-state index contributed by atoms with van der Waals surface area (Å²) < 4.78 is 32.6. The molecule has 1 aromatic heterocycles. The van der Waals surface area contributed by atoms with Crippen molar-refractivity contribution >= 4 is 38.9 Å². The van der Waals surface area contributed by atoms with Crippen LogP contribution in [-0.4, -0.2) is 26.4 Å². The monoisotopic (exact) mass is 484 g/mol. The van der Waals surface area contributed by atoms with Crippen LogP contribution in [0.1, 0.15) is 47.3 Å². The fraction of sp³-hybridized carbons (Fsp3) is 0.250. The van der Waals surface area contributed by atoms with E-state index in [4.69, 9.17) is 4.74 Å². The maximum atomic E-state index is 12.6. The summed E-state index contributed by atoms with van der Waals surface area (Å²) in [7, 11) is -3.67. The number of carbonyl (C=O) groups is 2. The minimum absolute atomic E-state index is 0.0979. The molecule has 0 bridgehead atoms. The van der Waals surface area contributed by atoms with Gasteiger partial charge >= 0.3 is 5.97 Å². The Morgan fingerprint density at radius 1 is 1.06 bits per heavy atom. The van der Waals surface area contributed by atoms with Crippen LogP contribution in [0.4, 0.5) is 5.69 Å². The largest absolute Gasteiger partial charge is 0.449 e. The second kappa shape index (κ2) is 9.76. The number of carbonyl (C=O) groups excluding carboxylic acids is 2. The highest BCUT2D eigenvalue weighted by Gasteiger charge is 2.25. The van der Waals surface area contributed by atoms with E-state index in [0.717, 1.165) is 36.2 Å². The Morgan fingerprint density at radius 2 is 1.82 bits per heavy atom. The second-order valence-corrected chi connectivity index (χ2v) is 10.7. The third-order valence-corrected chi connectivity index (χ3v) is 8.25. The number of sulfonamides is 1. The number of anilines is 1. The number of amides is 1. The van der Waals surface area contributed by atoms with Crippen molar-refractivity contribution in [3.8, 4) is 0 Å². The first-order chi connectivity index (χ1) is 15.8. The molecule has 3 aromatic rings. The zero-order valence-corrected chi connectivity index (χ0v) is 19.6. The number of hydrogen-bond donors (Lipinski definition) is 2. The Labute approximate surface area is 196 Å². The van der Waals surface area contributed by atoms with Crippen molar-refractivity contribution in [1.82, 2.24) is 5.32 Å². The zero-order chi connectivity index (χ0) is 23.4. The van der Waals surface area contributed by atoms with Gasteiger partial charge in [-0.15, -0.1) is 11.3 Å². The number of aryl methyl sites for hydroxylation is 1. The average molecular weight is 485 g/mol. The van der Waals surface area contributed by atoms with E-state index in [2.05, 4.69) is 16.1 Å². The van der Waals surface area contributed by atoms with Crippen LogP contribution in [0.3, 0.4) is 0 Å². The van der Waals surface area contributed by atoms with Crippen LogP contribution in [0.15, 0.2) is 70.3 Å². The van der Waals surface area contributed by atoms with E-state index < -0.39 is 22.1 Å². The summed E-state index contributed by atoms with van der Waals surface area (Å²) in [4.78, 5) is 25.1. The molecule has 7 nitrogen and oxygen atoms in total. The molecule has 0 unspecified atom stereocenters. The number of rotatable bonds is 7. The fourth-order valence-corrected chi connectivity index (χ4v) is 5.82. The lowest BCUT2D eigenvalue weighted by Crippen LogP contribution is -2.39. The molecule has 1 aliphatic carbocycles. The Bertz CT molecular complexity index is 1240. The van der Waals surface area contributed by atoms with Gasteiger partial charge in [-0.2, -0.15) is 0 Å². The van der Waals surface area contributed by atoms with Gasteiger partial charge in [0.05, 0.1) is 11.6 Å². The molecule has 2 N–H and O–H groups in total. The standard InChI is InChI=1S/C24H24N2O5S2/c1-16(23(27)25-21-9-4-7-17-6-2-3-8-20(17)21)31-24(28)18-11-13-19(14-12-18)26-33(29,30)22-10-5-15-32-22/h2-3,5-6,8,10-16,21,26H,4,7,9H2,1H3,(H,25,27)/t16-,21-/m0/s1. The van der Waals surface area contributed by atoms with Gasteiger partial charge < -0.3 is 10.1 Å². The molecule has 4 rings (SSSR count). The highest BCUT2D eigenvalue weighted by molar-refractivity contribution is 7.94. The van der Waals surface area contributed by atoms with Crippen molar-refractivity contribution in [3.05, 3.63) is 82.7 Å². The first kappa shape index (κ1) is 23.0. The summed E-state index contributed by atoms with van der Waals surface area (Å²) in [5.74, 6) is -1.01. The molecule has 1 amide bonds. The molecule has 1 aliphatic rings. The quantitative estimate of drug-likeness (QED) is 0.487. The molecule has 9 heteroatoms. The van der Waals surface area contributed by atoms with Gasteiger partial charge in [0.15, 0.2) is 6.10 Å². The Hall–Kier alpha value is -3.17. The predicted octanol–water partition coefficient (Wildman–Crippen LogP) is 4.29. The summed E-state index contributed by atoms with van der Waals surface area (Å²) in [6.07, 6.45) is 1.85. The van der Waals surface area contributed by atoms with Crippen LogP contribution in [0.2, 0.25) is 0 Å². The lowest BCUT2D eigenvalue weighted by molar-refractivity contribution is -0.130. The van der Waals surface area contributed by atoms with Gasteiger partial charge in [0.1, 0.15) is 4.21 Å². The Kier molecular flexibility index (Phi) is 6.80. The number of hydrogen-bond acceptors (Lipinski definition) is 6. The van der Waals surface area contributed by atoms with Crippen molar-refractivity contribution < 1.29 is 22.7 Å². The first-order valence-corrected chi connectivity index (χ1v) is 13.0. The molecule has 0 fully saturated rings. The molecule has 33 heavy (non-hydrogen) atoms. The molecule has 0 spiro atoms. The normalized spacial score (nSPS) is 16.3. The van der Waals surface area contributed by atoms with Crippen molar-refractivity contribution in [3.63, 3.8) is 0 Å². The maximum Gasteiger partial charge on any atom is 0.338 e. The number of ether oxygens (including phenoxy) is 1. The summed E-state index contributed by atoms with van der Waals surface area (Å²) in [5, 5.41) is 4.67. The van der Waals surface area contributed by atoms with Crippen molar-refractivity contribution in [1.29, 1.82) is 0 Å². The van der Waals surface area contributed by atoms with E-state index in [-0.39, 0.29) is 21.7 Å². The second-order valence-electron chi connectivity index (χ2n) is 7.81. The summed E-state index contributed by atoms with van der Waals surface area (Å²) >= 11 is 1.11. The van der Waals surface area contributed by atoms with E-state index in [1.54, 1.807) is 11.4 Å². The zero-order valence-electron chi connectivity index (χ0n) is 18.0. The van der Waals surface area contributed by atoms with Crippen LogP contribution in [0, 0.1) is 0 Å². The van der Waals surface area contributed by atoms with Gasteiger partial charge in [-0.25, -0.2) is 13.2 Å². The first-order valence-electron chi connectivity index (χ1n) is 10.6. The smallest absolute Gasteiger partial charge is 0.338 e. The van der Waals surface area contributed by atoms with Crippen LogP contribution >= 0.6 is 11.3 Å². The predicted molar refractivity (Wildman–Crippen MR) is 127 cm³/mol. The molecule has 1 heterocycles. The lowest BCUT2D eigenvalue weighted by atomic mass is 9.87. The SMILES string of the molecule is C[C@H](OC(=O)c1ccc(NS(=O)(=O)c2cccs2)cc1)C(=O)N[C@H]1CCCc2ccccc21. The minimum atomic E-state index is -3.67. The van der Waals surface area contributed by atoms with E-state index in [9.17, 15) is 18.0 Å². The molecule has 2 aromatic carbocycles. The van der Waals surface area contributed by atoms with Gasteiger partial charge in [0.25, 0.3) is 15.9 Å². The number of esters is 1. The Balaban J connectivity index is 1.35. The molecule has 172 valence electrons. The highest BCUT2D eigenvalue weighted by atomic mass is 32.2. The van der Waals surface area contributed by atoms with Crippen molar-refractivity contribution in [2.24, 2.45) is 0 Å². The molecular weight excluding hydrogens is 460 g/mol. The fourth-order valence-electron chi connectivity index (χ4n) is 3.77. The van der Waals surface area contributed by atoms with Gasteiger partial charge in [0.2, 0.25) is 0 Å². The van der Waals surface area contributed by atoms with E-state index in [0.29, 0.717) is 5.69 Å². The third kappa shape index (κ3) is 5.43. The third-order valence-electron chi connectivity index (χ3n) is 5.47. The van der Waals surface area contributed by atoms with Crippen molar-refractivity contribution in [2.75, 3.05) is 4.72 Å². The molecule has 0 radical (unpaired) electrons. The summed E-state index contributed by atoms with van der Waals surface area (Å²) in [6, 6.07) is 17.0. The van der Waals surface area contributed by atoms with E-state index >= 15 is 0 Å². The van der Waals surface area contributed by atoms with Crippen LogP contribution in [0.25, 0.3) is 0 Å². The molecule has 0 saturated carbocycles. The Morgan fingerprint density at radius 3 is 2.55 bits per heavy atom. The van der Waals surface area contributed by atoms with Gasteiger partial charge in [-0.1, -0.05) is 30.3 Å². The minimum Gasteiger partial charge on any atom is -0.449 e. The van der Waals surface area contributed by atoms with E-state index in [1.807, 2.05) is 18.2 Å². The van der Waals surface area contributed by atoms with Gasteiger partial charge in [-0.3, -0.25) is 9.52 Å². The van der Waals surface area contributed by atoms with Crippen LogP contribution < -0.4 is 10.0 Å². The summed E-state index contributed by atoms with van der Waals surface area (Å²) in [6.45, 7) is 1.53. The van der Waals surface area contributed by atoms with Crippen LogP contribution in [0.5, 0.6) is 0 Å². The maximum absolute atomic E-state index is 12.6. The highest BCUT2D eigenvalue weighted by Crippen LogP contribution is 2.29. The molecule has 0 saturated heterocycles. The molecule has 2 atom stereocenters. The van der Waals surface area contributed by atoms with E-state index in [1.165, 1.54) is 42.8 Å². The number of thiophene rings is 1. The number of benzene rings is 2. The number of nitrogens with one attached hydrogen (secondary N) is 2.